The van der Waals surface area contributed by atoms with Crippen LogP contribution in [0, 0.1) is 13.8 Å². The largest absolute Gasteiger partial charge is 0.348 e. The number of aryl methyl sites for hydroxylation is 1. The molecule has 1 N–H and O–H groups in total. The van der Waals surface area contributed by atoms with E-state index >= 15 is 0 Å². The van der Waals surface area contributed by atoms with Gasteiger partial charge in [0.05, 0.1) is 6.04 Å². The van der Waals surface area contributed by atoms with E-state index < -0.39 is 0 Å². The Bertz CT molecular complexity index is 726. The monoisotopic (exact) mass is 324 g/mol. The Morgan fingerprint density at radius 3 is 2.33 bits per heavy atom. The van der Waals surface area contributed by atoms with Crippen LogP contribution in [-0.2, 0) is 9.59 Å². The third-order valence-electron chi connectivity index (χ3n) is 4.23. The van der Waals surface area contributed by atoms with Crippen molar-refractivity contribution in [2.75, 3.05) is 11.4 Å². The summed E-state index contributed by atoms with van der Waals surface area (Å²) in [5, 5.41) is 2.95. The molecule has 0 bridgehead atoms. The molecule has 0 saturated heterocycles. The number of rotatable bonds is 5. The van der Waals surface area contributed by atoms with Crippen LogP contribution in [0.4, 0.5) is 5.69 Å². The van der Waals surface area contributed by atoms with Gasteiger partial charge in [0.1, 0.15) is 6.54 Å². The van der Waals surface area contributed by atoms with Gasteiger partial charge >= 0.3 is 0 Å². The Kier molecular flexibility index (Phi) is 5.74. The lowest BCUT2D eigenvalue weighted by Crippen LogP contribution is -2.41. The number of nitrogens with zero attached hydrogens (tertiary/aromatic N) is 1. The molecular weight excluding hydrogens is 300 g/mol. The highest BCUT2D eigenvalue weighted by Gasteiger charge is 2.19. The zero-order chi connectivity index (χ0) is 17.7. The maximum Gasteiger partial charge on any atom is 0.240 e. The SMILES string of the molecule is CC(=O)N(CC(=O)NC(C)c1ccccc1)c1cccc(C)c1C. The van der Waals surface area contributed by atoms with Gasteiger partial charge in [-0.15, -0.1) is 0 Å². The molecule has 0 spiro atoms. The third kappa shape index (κ3) is 4.22. The van der Waals surface area contributed by atoms with Crippen LogP contribution in [0.25, 0.3) is 0 Å². The van der Waals surface area contributed by atoms with Crippen molar-refractivity contribution >= 4 is 17.5 Å². The number of amides is 2. The lowest BCUT2D eigenvalue weighted by atomic mass is 10.1. The second-order valence-corrected chi connectivity index (χ2v) is 6.02. The zero-order valence-electron chi connectivity index (χ0n) is 14.7. The van der Waals surface area contributed by atoms with Gasteiger partial charge in [0.15, 0.2) is 0 Å². The first kappa shape index (κ1) is 17.7. The average Bonchev–Trinajstić information content (AvgIpc) is 2.56. The molecule has 4 heteroatoms. The van der Waals surface area contributed by atoms with Crippen LogP contribution in [0.3, 0.4) is 0 Å². The zero-order valence-corrected chi connectivity index (χ0v) is 14.7. The summed E-state index contributed by atoms with van der Waals surface area (Å²) < 4.78 is 0. The summed E-state index contributed by atoms with van der Waals surface area (Å²) in [6, 6.07) is 15.4. The van der Waals surface area contributed by atoms with Crippen molar-refractivity contribution < 1.29 is 9.59 Å². The van der Waals surface area contributed by atoms with Gasteiger partial charge in [0.2, 0.25) is 11.8 Å². The van der Waals surface area contributed by atoms with Crippen LogP contribution in [0.1, 0.15) is 36.6 Å². The summed E-state index contributed by atoms with van der Waals surface area (Å²) >= 11 is 0. The summed E-state index contributed by atoms with van der Waals surface area (Å²) in [4.78, 5) is 26.0. The van der Waals surface area contributed by atoms with Crippen molar-refractivity contribution in [1.29, 1.82) is 0 Å². The highest BCUT2D eigenvalue weighted by atomic mass is 16.2. The van der Waals surface area contributed by atoms with Crippen LogP contribution in [0.2, 0.25) is 0 Å². The molecule has 0 aliphatic heterocycles. The Labute approximate surface area is 143 Å². The smallest absolute Gasteiger partial charge is 0.240 e. The van der Waals surface area contributed by atoms with Gasteiger partial charge < -0.3 is 10.2 Å². The molecule has 126 valence electrons. The van der Waals surface area contributed by atoms with Gasteiger partial charge in [-0.2, -0.15) is 0 Å². The lowest BCUT2D eigenvalue weighted by Gasteiger charge is -2.24. The fraction of sp³-hybridized carbons (Fsp3) is 0.300. The normalized spacial score (nSPS) is 11.7. The van der Waals surface area contributed by atoms with E-state index in [1.807, 2.05) is 69.3 Å². The molecule has 0 radical (unpaired) electrons. The number of anilines is 1. The van der Waals surface area contributed by atoms with E-state index in [4.69, 9.17) is 0 Å². The molecule has 2 aromatic rings. The van der Waals surface area contributed by atoms with Crippen molar-refractivity contribution in [2.24, 2.45) is 0 Å². The number of nitrogens with one attached hydrogen (secondary N) is 1. The lowest BCUT2D eigenvalue weighted by molar-refractivity contribution is -0.123. The molecule has 2 amide bonds. The number of hydrogen-bond donors (Lipinski definition) is 1. The number of hydrogen-bond acceptors (Lipinski definition) is 2. The molecule has 0 aliphatic rings. The number of benzene rings is 2. The van der Waals surface area contributed by atoms with Crippen molar-refractivity contribution in [2.45, 2.75) is 33.7 Å². The molecule has 0 heterocycles. The highest BCUT2D eigenvalue weighted by Crippen LogP contribution is 2.23. The summed E-state index contributed by atoms with van der Waals surface area (Å²) in [6.07, 6.45) is 0. The summed E-state index contributed by atoms with van der Waals surface area (Å²) in [6.45, 7) is 7.38. The quantitative estimate of drug-likeness (QED) is 0.914. The summed E-state index contributed by atoms with van der Waals surface area (Å²) in [5.41, 5.74) is 3.92. The predicted octanol–water partition coefficient (Wildman–Crippen LogP) is 3.53. The van der Waals surface area contributed by atoms with E-state index in [1.54, 1.807) is 0 Å². The fourth-order valence-electron chi connectivity index (χ4n) is 2.65. The minimum Gasteiger partial charge on any atom is -0.348 e. The summed E-state index contributed by atoms with van der Waals surface area (Å²) in [7, 11) is 0. The Morgan fingerprint density at radius 2 is 1.71 bits per heavy atom. The minimum absolute atomic E-state index is 0.0107. The molecule has 0 aromatic heterocycles. The predicted molar refractivity (Wildman–Crippen MR) is 96.9 cm³/mol. The van der Waals surface area contributed by atoms with Gasteiger partial charge in [-0.05, 0) is 43.5 Å². The molecule has 24 heavy (non-hydrogen) atoms. The minimum atomic E-state index is -0.178. The highest BCUT2D eigenvalue weighted by molar-refractivity contribution is 5.98. The second-order valence-electron chi connectivity index (χ2n) is 6.02. The van der Waals surface area contributed by atoms with Crippen LogP contribution < -0.4 is 10.2 Å². The van der Waals surface area contributed by atoms with Gasteiger partial charge in [0.25, 0.3) is 0 Å². The topological polar surface area (TPSA) is 49.4 Å². The van der Waals surface area contributed by atoms with Crippen LogP contribution >= 0.6 is 0 Å². The van der Waals surface area contributed by atoms with E-state index in [9.17, 15) is 9.59 Å². The van der Waals surface area contributed by atoms with E-state index in [0.29, 0.717) is 0 Å². The van der Waals surface area contributed by atoms with Gasteiger partial charge in [0, 0.05) is 12.6 Å². The second kappa shape index (κ2) is 7.77. The molecule has 0 fully saturated rings. The van der Waals surface area contributed by atoms with Crippen LogP contribution in [0.5, 0.6) is 0 Å². The van der Waals surface area contributed by atoms with E-state index in [0.717, 1.165) is 22.4 Å². The molecule has 2 aromatic carbocycles. The standard InChI is InChI=1S/C20H24N2O2/c1-14-9-8-12-19(15(14)2)22(17(4)23)13-20(24)21-16(3)18-10-6-5-7-11-18/h5-12,16H,13H2,1-4H3,(H,21,24). The Balaban J connectivity index is 2.12. The first-order chi connectivity index (χ1) is 11.4. The van der Waals surface area contributed by atoms with Gasteiger partial charge in [-0.25, -0.2) is 0 Å². The van der Waals surface area contributed by atoms with Crippen molar-refractivity contribution in [3.63, 3.8) is 0 Å². The van der Waals surface area contributed by atoms with E-state index in [-0.39, 0.29) is 24.4 Å². The Hall–Kier alpha value is -2.62. The number of carbonyl (C=O) groups is 2. The van der Waals surface area contributed by atoms with Crippen molar-refractivity contribution in [1.82, 2.24) is 5.32 Å². The number of carbonyl (C=O) groups excluding carboxylic acids is 2. The van der Waals surface area contributed by atoms with Gasteiger partial charge in [-0.1, -0.05) is 42.5 Å². The summed E-state index contributed by atoms with van der Waals surface area (Å²) in [5.74, 6) is -0.325. The molecular formula is C20H24N2O2. The molecule has 1 atom stereocenters. The first-order valence-electron chi connectivity index (χ1n) is 8.08. The van der Waals surface area contributed by atoms with Crippen LogP contribution in [-0.4, -0.2) is 18.4 Å². The maximum atomic E-state index is 12.4. The van der Waals surface area contributed by atoms with Gasteiger partial charge in [-0.3, -0.25) is 9.59 Å². The maximum absolute atomic E-state index is 12.4. The molecule has 0 saturated carbocycles. The fourth-order valence-corrected chi connectivity index (χ4v) is 2.65. The molecule has 2 rings (SSSR count). The molecule has 0 aliphatic carbocycles. The third-order valence-corrected chi connectivity index (χ3v) is 4.23. The first-order valence-corrected chi connectivity index (χ1v) is 8.08. The van der Waals surface area contributed by atoms with Crippen molar-refractivity contribution in [3.05, 3.63) is 65.2 Å². The molecule has 4 nitrogen and oxygen atoms in total. The van der Waals surface area contributed by atoms with E-state index in [1.165, 1.54) is 11.8 Å². The van der Waals surface area contributed by atoms with Crippen molar-refractivity contribution in [3.8, 4) is 0 Å². The van der Waals surface area contributed by atoms with Crippen LogP contribution in [0.15, 0.2) is 48.5 Å². The van der Waals surface area contributed by atoms with E-state index in [2.05, 4.69) is 5.32 Å². The Morgan fingerprint density at radius 1 is 1.04 bits per heavy atom. The average molecular weight is 324 g/mol. The molecule has 1 unspecified atom stereocenters.